The first-order chi connectivity index (χ1) is 9.10. The van der Waals surface area contributed by atoms with Gasteiger partial charge in [-0.1, -0.05) is 33.3 Å². The minimum atomic E-state index is -0.0101. The number of ketones is 1. The van der Waals surface area contributed by atoms with Crippen molar-refractivity contribution in [2.24, 2.45) is 5.92 Å². The first-order valence-corrected chi connectivity index (χ1v) is 7.03. The summed E-state index contributed by atoms with van der Waals surface area (Å²) >= 11 is 0. The Balaban J connectivity index is 2.37. The van der Waals surface area contributed by atoms with Gasteiger partial charge in [-0.05, 0) is 36.0 Å². The number of benzene rings is 1. The van der Waals surface area contributed by atoms with E-state index in [0.29, 0.717) is 5.92 Å². The molecule has 1 aliphatic rings. The number of ether oxygens (including phenoxy) is 2. The zero-order valence-corrected chi connectivity index (χ0v) is 12.0. The van der Waals surface area contributed by atoms with Crippen molar-refractivity contribution in [2.75, 3.05) is 13.2 Å². The smallest absolute Gasteiger partial charge is 0.207 e. The summed E-state index contributed by atoms with van der Waals surface area (Å²) in [6.45, 7) is 6.78. The van der Waals surface area contributed by atoms with E-state index in [-0.39, 0.29) is 19.0 Å². The third-order valence-corrected chi connectivity index (χ3v) is 3.12. The lowest BCUT2D eigenvalue weighted by Crippen LogP contribution is -2.15. The van der Waals surface area contributed by atoms with Crippen LogP contribution in [0.5, 0.6) is 11.5 Å². The topological polar surface area (TPSA) is 35.5 Å². The van der Waals surface area contributed by atoms with Gasteiger partial charge in [-0.25, -0.2) is 0 Å². The summed E-state index contributed by atoms with van der Waals surface area (Å²) in [5, 5.41) is 0. The number of carbonyl (C=O) groups is 1. The molecule has 0 amide bonds. The Morgan fingerprint density at radius 1 is 1.21 bits per heavy atom. The number of fused-ring (bicyclic) bond motifs is 1. The second-order valence-corrected chi connectivity index (χ2v) is 5.55. The minimum absolute atomic E-state index is 0.0101. The molecule has 0 unspecified atom stereocenters. The molecule has 1 aromatic carbocycles. The maximum absolute atomic E-state index is 11.4. The van der Waals surface area contributed by atoms with Gasteiger partial charge in [0.25, 0.3) is 0 Å². The third-order valence-electron chi connectivity index (χ3n) is 3.12. The van der Waals surface area contributed by atoms with E-state index in [0.717, 1.165) is 36.3 Å². The average molecular weight is 262 g/mol. The maximum atomic E-state index is 11.4. The highest BCUT2D eigenvalue weighted by atomic mass is 16.5. The highest BCUT2D eigenvalue weighted by molar-refractivity contribution is 5.82. The van der Waals surface area contributed by atoms with Gasteiger partial charge in [0.2, 0.25) is 5.78 Å². The standard InChI is InChI=1S/C16H22O3/c1-4-5-13-7-12(6-11(2)3)8-15-16(13)19-10-14(17)9-18-15/h7-8,11H,4-6,9-10H2,1-3H3. The fraction of sp³-hybridized carbons (Fsp3) is 0.562. The zero-order valence-electron chi connectivity index (χ0n) is 12.0. The van der Waals surface area contributed by atoms with Crippen molar-refractivity contribution in [3.8, 4) is 11.5 Å². The van der Waals surface area contributed by atoms with E-state index >= 15 is 0 Å². The molecule has 3 heteroatoms. The second kappa shape index (κ2) is 6.09. The molecule has 0 saturated heterocycles. The number of aryl methyl sites for hydroxylation is 1. The molecule has 0 radical (unpaired) electrons. The van der Waals surface area contributed by atoms with Crippen molar-refractivity contribution >= 4 is 5.78 Å². The molecule has 0 aromatic heterocycles. The van der Waals surface area contributed by atoms with Crippen LogP contribution in [0, 0.1) is 5.92 Å². The monoisotopic (exact) mass is 262 g/mol. The van der Waals surface area contributed by atoms with Gasteiger partial charge in [-0.3, -0.25) is 4.79 Å². The third kappa shape index (κ3) is 3.49. The van der Waals surface area contributed by atoms with E-state index in [1.165, 1.54) is 5.56 Å². The van der Waals surface area contributed by atoms with Gasteiger partial charge in [0.05, 0.1) is 0 Å². The first kappa shape index (κ1) is 13.9. The molecule has 0 N–H and O–H groups in total. The molecule has 1 aliphatic heterocycles. The molecule has 3 nitrogen and oxygen atoms in total. The van der Waals surface area contributed by atoms with Crippen LogP contribution in [0.2, 0.25) is 0 Å². The lowest BCUT2D eigenvalue weighted by atomic mass is 9.98. The Morgan fingerprint density at radius 3 is 2.63 bits per heavy atom. The summed E-state index contributed by atoms with van der Waals surface area (Å²) in [5.74, 6) is 2.08. The summed E-state index contributed by atoms with van der Waals surface area (Å²) in [6.07, 6.45) is 3.02. The predicted molar refractivity (Wildman–Crippen MR) is 75.0 cm³/mol. The molecule has 0 aliphatic carbocycles. The van der Waals surface area contributed by atoms with Gasteiger partial charge in [-0.15, -0.1) is 0 Å². The molecule has 0 fully saturated rings. The molecule has 0 bridgehead atoms. The van der Waals surface area contributed by atoms with Gasteiger partial charge in [0, 0.05) is 0 Å². The maximum Gasteiger partial charge on any atom is 0.207 e. The lowest BCUT2D eigenvalue weighted by molar-refractivity contribution is -0.122. The highest BCUT2D eigenvalue weighted by Gasteiger charge is 2.19. The fourth-order valence-electron chi connectivity index (χ4n) is 2.39. The van der Waals surface area contributed by atoms with E-state index in [1.54, 1.807) is 0 Å². The number of rotatable bonds is 4. The summed E-state index contributed by atoms with van der Waals surface area (Å²) < 4.78 is 11.2. The van der Waals surface area contributed by atoms with Crippen molar-refractivity contribution in [3.63, 3.8) is 0 Å². The van der Waals surface area contributed by atoms with Gasteiger partial charge in [0.1, 0.15) is 0 Å². The molecule has 104 valence electrons. The van der Waals surface area contributed by atoms with Gasteiger partial charge < -0.3 is 9.47 Å². The van der Waals surface area contributed by atoms with E-state index in [1.807, 2.05) is 6.07 Å². The zero-order chi connectivity index (χ0) is 13.8. The quantitative estimate of drug-likeness (QED) is 0.836. The number of hydrogen-bond acceptors (Lipinski definition) is 3. The molecule has 0 saturated carbocycles. The Kier molecular flexibility index (Phi) is 4.46. The minimum Gasteiger partial charge on any atom is -0.482 e. The summed E-state index contributed by atoms with van der Waals surface area (Å²) in [6, 6.07) is 4.22. The molecule has 2 rings (SSSR count). The van der Waals surface area contributed by atoms with Crippen LogP contribution < -0.4 is 9.47 Å². The van der Waals surface area contributed by atoms with Crippen molar-refractivity contribution in [3.05, 3.63) is 23.3 Å². The molecule has 19 heavy (non-hydrogen) atoms. The highest BCUT2D eigenvalue weighted by Crippen LogP contribution is 2.35. The molecule has 0 spiro atoms. The number of Topliss-reactive ketones (excluding diaryl/α,β-unsaturated/α-hetero) is 1. The molecular weight excluding hydrogens is 240 g/mol. The summed E-state index contributed by atoms with van der Waals surface area (Å²) in [7, 11) is 0. The van der Waals surface area contributed by atoms with Crippen LogP contribution in [-0.2, 0) is 17.6 Å². The van der Waals surface area contributed by atoms with Crippen LogP contribution in [0.3, 0.4) is 0 Å². The van der Waals surface area contributed by atoms with Crippen LogP contribution in [0.1, 0.15) is 38.3 Å². The van der Waals surface area contributed by atoms with Gasteiger partial charge >= 0.3 is 0 Å². The normalized spacial score (nSPS) is 14.6. The van der Waals surface area contributed by atoms with Crippen molar-refractivity contribution in [1.29, 1.82) is 0 Å². The predicted octanol–water partition coefficient (Wildman–Crippen LogP) is 3.18. The van der Waals surface area contributed by atoms with E-state index < -0.39 is 0 Å². The van der Waals surface area contributed by atoms with Crippen LogP contribution in [-0.4, -0.2) is 19.0 Å². The average Bonchev–Trinajstić information content (AvgIpc) is 2.52. The largest absolute Gasteiger partial charge is 0.482 e. The van der Waals surface area contributed by atoms with Crippen LogP contribution in [0.4, 0.5) is 0 Å². The van der Waals surface area contributed by atoms with Crippen LogP contribution >= 0.6 is 0 Å². The molecule has 1 heterocycles. The van der Waals surface area contributed by atoms with Crippen molar-refractivity contribution in [1.82, 2.24) is 0 Å². The Morgan fingerprint density at radius 2 is 1.95 bits per heavy atom. The van der Waals surface area contributed by atoms with Crippen LogP contribution in [0.15, 0.2) is 12.1 Å². The molecular formula is C16H22O3. The van der Waals surface area contributed by atoms with Crippen molar-refractivity contribution < 1.29 is 14.3 Å². The molecule has 0 atom stereocenters. The Labute approximate surface area is 114 Å². The van der Waals surface area contributed by atoms with Crippen LogP contribution in [0.25, 0.3) is 0 Å². The Hall–Kier alpha value is -1.51. The summed E-state index contributed by atoms with van der Waals surface area (Å²) in [4.78, 5) is 11.4. The van der Waals surface area contributed by atoms with Gasteiger partial charge in [0.15, 0.2) is 24.7 Å². The number of carbonyl (C=O) groups excluding carboxylic acids is 1. The number of hydrogen-bond donors (Lipinski definition) is 0. The van der Waals surface area contributed by atoms with Gasteiger partial charge in [-0.2, -0.15) is 0 Å². The van der Waals surface area contributed by atoms with Crippen molar-refractivity contribution in [2.45, 2.75) is 40.0 Å². The first-order valence-electron chi connectivity index (χ1n) is 7.03. The Bertz CT molecular complexity index is 463. The summed E-state index contributed by atoms with van der Waals surface area (Å²) in [5.41, 5.74) is 2.42. The van der Waals surface area contributed by atoms with E-state index in [4.69, 9.17) is 9.47 Å². The van der Waals surface area contributed by atoms with E-state index in [2.05, 4.69) is 26.8 Å². The second-order valence-electron chi connectivity index (χ2n) is 5.55. The molecule has 1 aromatic rings. The lowest BCUT2D eigenvalue weighted by Gasteiger charge is -2.15. The SMILES string of the molecule is CCCc1cc(CC(C)C)cc2c1OCC(=O)CO2. The van der Waals surface area contributed by atoms with E-state index in [9.17, 15) is 4.79 Å². The fourth-order valence-corrected chi connectivity index (χ4v) is 2.39.